The van der Waals surface area contributed by atoms with E-state index in [1.54, 1.807) is 30.3 Å². The number of furan rings is 1. The van der Waals surface area contributed by atoms with Crippen LogP contribution in [0.25, 0.3) is 6.08 Å². The second-order valence-electron chi connectivity index (χ2n) is 7.33. The molecule has 3 rings (SSSR count). The molecule has 1 aromatic heterocycles. The molecule has 166 valence electrons. The van der Waals surface area contributed by atoms with Crippen LogP contribution in [-0.4, -0.2) is 26.0 Å². The molecule has 7 nitrogen and oxygen atoms in total. The first-order valence-electron chi connectivity index (χ1n) is 10.00. The maximum Gasteiger partial charge on any atom is 0.272 e. The largest absolute Gasteiger partial charge is 0.493 e. The topological polar surface area (TPSA) is 89.8 Å². The molecule has 0 unspecified atom stereocenters. The molecule has 2 amide bonds. The summed E-state index contributed by atoms with van der Waals surface area (Å²) >= 11 is 0. The maximum atomic E-state index is 13.1. The fraction of sp³-hybridized carbons (Fsp3) is 0.200. The summed E-state index contributed by atoms with van der Waals surface area (Å²) in [5.74, 6) is 0.396. The lowest BCUT2D eigenvalue weighted by Gasteiger charge is -2.15. The standard InChI is InChI=1S/C25H26N2O5/c1-15-11-16(2)23(17(3)12-15)27-25(29)20(14-19-7-6-10-32-19)26-24(28)18-8-9-21(30-4)22(13-18)31-5/h6-14H,1-5H3,(H,26,28)(H,27,29)/b20-14-. The summed E-state index contributed by atoms with van der Waals surface area (Å²) in [7, 11) is 3.00. The third-order valence-corrected chi connectivity index (χ3v) is 4.88. The molecule has 7 heteroatoms. The minimum Gasteiger partial charge on any atom is -0.493 e. The smallest absolute Gasteiger partial charge is 0.272 e. The van der Waals surface area contributed by atoms with E-state index in [-0.39, 0.29) is 5.70 Å². The Kier molecular flexibility index (Phi) is 7.00. The van der Waals surface area contributed by atoms with Crippen molar-refractivity contribution in [2.45, 2.75) is 20.8 Å². The van der Waals surface area contributed by atoms with Gasteiger partial charge in [-0.05, 0) is 62.2 Å². The number of anilines is 1. The van der Waals surface area contributed by atoms with Crippen LogP contribution >= 0.6 is 0 Å². The van der Waals surface area contributed by atoms with E-state index in [1.807, 2.05) is 32.9 Å². The number of nitrogens with one attached hydrogen (secondary N) is 2. The number of hydrogen-bond donors (Lipinski definition) is 2. The van der Waals surface area contributed by atoms with E-state index in [0.29, 0.717) is 28.5 Å². The van der Waals surface area contributed by atoms with Gasteiger partial charge in [0, 0.05) is 17.3 Å². The molecule has 0 bridgehead atoms. The monoisotopic (exact) mass is 434 g/mol. The number of amides is 2. The Morgan fingerprint density at radius 1 is 0.938 bits per heavy atom. The highest BCUT2D eigenvalue weighted by Crippen LogP contribution is 2.28. The summed E-state index contributed by atoms with van der Waals surface area (Å²) in [6.07, 6.45) is 2.97. The highest BCUT2D eigenvalue weighted by Gasteiger charge is 2.18. The lowest BCUT2D eigenvalue weighted by molar-refractivity contribution is -0.113. The molecule has 0 saturated heterocycles. The molecular weight excluding hydrogens is 408 g/mol. The second kappa shape index (κ2) is 9.87. The van der Waals surface area contributed by atoms with E-state index >= 15 is 0 Å². The van der Waals surface area contributed by atoms with Crippen LogP contribution in [0.2, 0.25) is 0 Å². The van der Waals surface area contributed by atoms with Gasteiger partial charge in [-0.2, -0.15) is 0 Å². The Bertz CT molecular complexity index is 1140. The van der Waals surface area contributed by atoms with Gasteiger partial charge in [0.2, 0.25) is 0 Å². The van der Waals surface area contributed by atoms with Crippen molar-refractivity contribution in [3.05, 3.63) is 82.4 Å². The Balaban J connectivity index is 1.90. The number of methoxy groups -OCH3 is 2. The minimum atomic E-state index is -0.476. The van der Waals surface area contributed by atoms with Crippen LogP contribution in [-0.2, 0) is 4.79 Å². The quantitative estimate of drug-likeness (QED) is 0.529. The van der Waals surface area contributed by atoms with Crippen molar-refractivity contribution < 1.29 is 23.5 Å². The van der Waals surface area contributed by atoms with Crippen LogP contribution in [0.5, 0.6) is 11.5 Å². The molecular formula is C25H26N2O5. The van der Waals surface area contributed by atoms with Crippen molar-refractivity contribution in [2.75, 3.05) is 19.5 Å². The van der Waals surface area contributed by atoms with Crippen molar-refractivity contribution in [3.8, 4) is 11.5 Å². The number of rotatable bonds is 7. The van der Waals surface area contributed by atoms with E-state index in [9.17, 15) is 9.59 Å². The first kappa shape index (κ1) is 22.7. The Morgan fingerprint density at radius 3 is 2.22 bits per heavy atom. The fourth-order valence-corrected chi connectivity index (χ4v) is 3.40. The van der Waals surface area contributed by atoms with Gasteiger partial charge in [0.25, 0.3) is 11.8 Å². The van der Waals surface area contributed by atoms with Gasteiger partial charge >= 0.3 is 0 Å². The Morgan fingerprint density at radius 2 is 1.62 bits per heavy atom. The number of benzene rings is 2. The van der Waals surface area contributed by atoms with Gasteiger partial charge < -0.3 is 24.5 Å². The summed E-state index contributed by atoms with van der Waals surface area (Å²) in [5, 5.41) is 5.59. The summed E-state index contributed by atoms with van der Waals surface area (Å²) < 4.78 is 15.8. The van der Waals surface area contributed by atoms with Gasteiger partial charge in [0.1, 0.15) is 11.5 Å². The zero-order chi connectivity index (χ0) is 23.3. The summed E-state index contributed by atoms with van der Waals surface area (Å²) in [6, 6.07) is 12.1. The number of ether oxygens (including phenoxy) is 2. The van der Waals surface area contributed by atoms with Gasteiger partial charge in [0.15, 0.2) is 11.5 Å². The lowest BCUT2D eigenvalue weighted by Crippen LogP contribution is -2.31. The molecule has 0 fully saturated rings. The molecule has 2 N–H and O–H groups in total. The second-order valence-corrected chi connectivity index (χ2v) is 7.33. The van der Waals surface area contributed by atoms with Crippen molar-refractivity contribution in [2.24, 2.45) is 0 Å². The molecule has 2 aromatic carbocycles. The lowest BCUT2D eigenvalue weighted by atomic mass is 10.0. The molecule has 32 heavy (non-hydrogen) atoms. The van der Waals surface area contributed by atoms with Crippen LogP contribution in [0.3, 0.4) is 0 Å². The van der Waals surface area contributed by atoms with Crippen LogP contribution in [0.1, 0.15) is 32.8 Å². The fourth-order valence-electron chi connectivity index (χ4n) is 3.40. The molecule has 0 saturated carbocycles. The molecule has 1 heterocycles. The first-order chi connectivity index (χ1) is 15.3. The van der Waals surface area contributed by atoms with Crippen LogP contribution in [0.15, 0.2) is 58.8 Å². The number of carbonyl (C=O) groups is 2. The van der Waals surface area contributed by atoms with Crippen molar-refractivity contribution in [1.82, 2.24) is 5.32 Å². The zero-order valence-electron chi connectivity index (χ0n) is 18.7. The van der Waals surface area contributed by atoms with Crippen molar-refractivity contribution in [3.63, 3.8) is 0 Å². The molecule has 0 atom stereocenters. The van der Waals surface area contributed by atoms with Gasteiger partial charge in [-0.25, -0.2) is 0 Å². The molecule has 0 aliphatic carbocycles. The highest BCUT2D eigenvalue weighted by atomic mass is 16.5. The van der Waals surface area contributed by atoms with E-state index in [4.69, 9.17) is 13.9 Å². The van der Waals surface area contributed by atoms with E-state index < -0.39 is 11.8 Å². The molecule has 3 aromatic rings. The number of aryl methyl sites for hydroxylation is 3. The predicted molar refractivity (Wildman–Crippen MR) is 123 cm³/mol. The van der Waals surface area contributed by atoms with Crippen LogP contribution in [0.4, 0.5) is 5.69 Å². The molecule has 0 radical (unpaired) electrons. The predicted octanol–water partition coefficient (Wildman–Crippen LogP) is 4.63. The average molecular weight is 434 g/mol. The molecule has 0 spiro atoms. The summed E-state index contributed by atoms with van der Waals surface area (Å²) in [4.78, 5) is 26.1. The van der Waals surface area contributed by atoms with Gasteiger partial charge in [-0.3, -0.25) is 9.59 Å². The summed E-state index contributed by atoms with van der Waals surface area (Å²) in [6.45, 7) is 5.85. The minimum absolute atomic E-state index is 0.0408. The van der Waals surface area contributed by atoms with Gasteiger partial charge in [-0.15, -0.1) is 0 Å². The normalized spacial score (nSPS) is 11.1. The van der Waals surface area contributed by atoms with Crippen molar-refractivity contribution >= 4 is 23.6 Å². The maximum absolute atomic E-state index is 13.1. The van der Waals surface area contributed by atoms with Crippen LogP contribution in [0, 0.1) is 20.8 Å². The first-order valence-corrected chi connectivity index (χ1v) is 10.00. The van der Waals surface area contributed by atoms with Gasteiger partial charge in [0.05, 0.1) is 20.5 Å². The zero-order valence-corrected chi connectivity index (χ0v) is 18.7. The van der Waals surface area contributed by atoms with Crippen LogP contribution < -0.4 is 20.1 Å². The highest BCUT2D eigenvalue weighted by molar-refractivity contribution is 6.11. The van der Waals surface area contributed by atoms with E-state index in [2.05, 4.69) is 10.6 Å². The molecule has 0 aliphatic rings. The number of hydrogen-bond acceptors (Lipinski definition) is 5. The van der Waals surface area contributed by atoms with E-state index in [0.717, 1.165) is 16.7 Å². The SMILES string of the molecule is COc1ccc(C(=O)N/C(=C\c2ccco2)C(=O)Nc2c(C)cc(C)cc2C)cc1OC. The van der Waals surface area contributed by atoms with Gasteiger partial charge in [-0.1, -0.05) is 17.7 Å². The third kappa shape index (κ3) is 5.18. The Hall–Kier alpha value is -4.00. The third-order valence-electron chi connectivity index (χ3n) is 4.88. The number of carbonyl (C=O) groups excluding carboxylic acids is 2. The van der Waals surface area contributed by atoms with Crippen molar-refractivity contribution in [1.29, 1.82) is 0 Å². The average Bonchev–Trinajstić information content (AvgIpc) is 3.28. The Labute approximate surface area is 187 Å². The summed E-state index contributed by atoms with van der Waals surface area (Å²) in [5.41, 5.74) is 4.01. The molecule has 0 aliphatic heterocycles. The van der Waals surface area contributed by atoms with E-state index in [1.165, 1.54) is 26.6 Å².